The summed E-state index contributed by atoms with van der Waals surface area (Å²) >= 11 is 0. The molecule has 22 heavy (non-hydrogen) atoms. The van der Waals surface area contributed by atoms with Gasteiger partial charge >= 0.3 is 5.69 Å². The van der Waals surface area contributed by atoms with Crippen LogP contribution in [0.5, 0.6) is 5.88 Å². The number of aromatic nitrogens is 3. The maximum atomic E-state index is 12.1. The predicted octanol–water partition coefficient (Wildman–Crippen LogP) is 0.485. The topological polar surface area (TPSA) is 114 Å². The van der Waals surface area contributed by atoms with Crippen LogP contribution in [0.3, 0.4) is 0 Å². The summed E-state index contributed by atoms with van der Waals surface area (Å²) in [6.07, 6.45) is 0.831. The zero-order valence-electron chi connectivity index (χ0n) is 11.6. The summed E-state index contributed by atoms with van der Waals surface area (Å²) in [6, 6.07) is 7.43. The van der Waals surface area contributed by atoms with Crippen LogP contribution in [0.4, 0.5) is 0 Å². The van der Waals surface area contributed by atoms with Crippen molar-refractivity contribution in [1.82, 2.24) is 20.3 Å². The number of nitrogens with one attached hydrogen (secondary N) is 4. The van der Waals surface area contributed by atoms with Gasteiger partial charge in [-0.1, -0.05) is 18.2 Å². The summed E-state index contributed by atoms with van der Waals surface area (Å²) in [4.78, 5) is 31.0. The Morgan fingerprint density at radius 3 is 2.73 bits per heavy atom. The zero-order chi connectivity index (χ0) is 15.3. The van der Waals surface area contributed by atoms with Crippen LogP contribution in [0, 0.1) is 0 Å². The van der Waals surface area contributed by atoms with Gasteiger partial charge in [-0.3, -0.25) is 14.8 Å². The van der Waals surface area contributed by atoms with Crippen LogP contribution < -0.4 is 16.6 Å². The molecule has 0 aliphatic carbocycles. The van der Waals surface area contributed by atoms with Crippen molar-refractivity contribution < 1.29 is 5.11 Å². The molecule has 112 valence electrons. The van der Waals surface area contributed by atoms with E-state index in [0.29, 0.717) is 6.54 Å². The van der Waals surface area contributed by atoms with Crippen LogP contribution in [0.2, 0.25) is 0 Å². The third-order valence-electron chi connectivity index (χ3n) is 4.11. The van der Waals surface area contributed by atoms with E-state index in [1.54, 1.807) is 0 Å². The minimum atomic E-state index is -0.723. The van der Waals surface area contributed by atoms with E-state index in [-0.39, 0.29) is 5.56 Å². The first-order valence-corrected chi connectivity index (χ1v) is 7.03. The van der Waals surface area contributed by atoms with E-state index in [0.717, 1.165) is 28.6 Å². The van der Waals surface area contributed by atoms with Crippen LogP contribution in [0.25, 0.3) is 10.9 Å². The summed E-state index contributed by atoms with van der Waals surface area (Å²) in [5.41, 5.74) is 1.77. The SMILES string of the molecule is O=c1[nH]c(O)c([C@H]2NCCc3c2[nH]c2ccccc32)c(=O)[nH]1. The first-order valence-electron chi connectivity index (χ1n) is 7.03. The van der Waals surface area contributed by atoms with Crippen molar-refractivity contribution in [3.05, 3.63) is 61.9 Å². The summed E-state index contributed by atoms with van der Waals surface area (Å²) < 4.78 is 0. The lowest BCUT2D eigenvalue weighted by Crippen LogP contribution is -2.36. The van der Waals surface area contributed by atoms with Gasteiger partial charge < -0.3 is 15.4 Å². The van der Waals surface area contributed by atoms with Crippen molar-refractivity contribution in [2.24, 2.45) is 0 Å². The van der Waals surface area contributed by atoms with E-state index in [1.165, 1.54) is 0 Å². The molecule has 1 aromatic carbocycles. The van der Waals surface area contributed by atoms with E-state index < -0.39 is 23.2 Å². The van der Waals surface area contributed by atoms with Gasteiger partial charge in [0.25, 0.3) is 5.56 Å². The highest BCUT2D eigenvalue weighted by atomic mass is 16.3. The second kappa shape index (κ2) is 4.60. The third-order valence-corrected chi connectivity index (χ3v) is 4.11. The lowest BCUT2D eigenvalue weighted by molar-refractivity contribution is 0.425. The summed E-state index contributed by atoms with van der Waals surface area (Å²) in [5, 5.41) is 14.3. The van der Waals surface area contributed by atoms with Gasteiger partial charge in [0.15, 0.2) is 0 Å². The Labute approximate surface area is 124 Å². The number of benzene rings is 1. The van der Waals surface area contributed by atoms with E-state index in [9.17, 15) is 14.7 Å². The molecule has 0 bridgehead atoms. The molecule has 0 fully saturated rings. The summed E-state index contributed by atoms with van der Waals surface area (Å²) in [6.45, 7) is 0.678. The number of hydrogen-bond acceptors (Lipinski definition) is 4. The largest absolute Gasteiger partial charge is 0.494 e. The van der Waals surface area contributed by atoms with Crippen molar-refractivity contribution >= 4 is 10.9 Å². The van der Waals surface area contributed by atoms with Gasteiger partial charge in [0.1, 0.15) is 5.56 Å². The molecule has 0 amide bonds. The monoisotopic (exact) mass is 298 g/mol. The van der Waals surface area contributed by atoms with Crippen LogP contribution in [-0.2, 0) is 6.42 Å². The predicted molar refractivity (Wildman–Crippen MR) is 81.2 cm³/mol. The van der Waals surface area contributed by atoms with Gasteiger partial charge in [0.2, 0.25) is 5.88 Å². The fourth-order valence-electron chi connectivity index (χ4n) is 3.18. The quantitative estimate of drug-likeness (QED) is 0.450. The Hall–Kier alpha value is -2.80. The molecular weight excluding hydrogens is 284 g/mol. The standard InChI is InChI=1S/C15H14N4O3/c20-13-10(14(21)19-15(22)18-13)12-11-8(5-6-16-12)7-3-1-2-4-9(7)17-11/h1-4,12,16-17H,5-6H2,(H3,18,19,20,21,22)/t12-/m1/s1. The summed E-state index contributed by atoms with van der Waals surface area (Å²) in [5.74, 6) is -0.405. The Bertz CT molecular complexity index is 982. The van der Waals surface area contributed by atoms with E-state index in [4.69, 9.17) is 0 Å². The maximum absolute atomic E-state index is 12.1. The molecule has 4 rings (SSSR count). The number of H-pyrrole nitrogens is 3. The third kappa shape index (κ3) is 1.79. The first-order chi connectivity index (χ1) is 10.6. The smallest absolute Gasteiger partial charge is 0.328 e. The number of aromatic amines is 3. The maximum Gasteiger partial charge on any atom is 0.328 e. The molecule has 7 heteroatoms. The van der Waals surface area contributed by atoms with Gasteiger partial charge in [0.05, 0.1) is 6.04 Å². The van der Waals surface area contributed by atoms with Crippen molar-refractivity contribution in [2.45, 2.75) is 12.5 Å². The average molecular weight is 298 g/mol. The number of hydrogen-bond donors (Lipinski definition) is 5. The Morgan fingerprint density at radius 1 is 1.09 bits per heavy atom. The summed E-state index contributed by atoms with van der Waals surface area (Å²) in [7, 11) is 0. The molecule has 1 atom stereocenters. The molecule has 0 saturated carbocycles. The first kappa shape index (κ1) is 12.9. The molecule has 0 radical (unpaired) electrons. The van der Waals surface area contributed by atoms with Gasteiger partial charge in [-0.2, -0.15) is 0 Å². The molecular formula is C15H14N4O3. The van der Waals surface area contributed by atoms with Crippen LogP contribution in [0.1, 0.15) is 22.9 Å². The van der Waals surface area contributed by atoms with Crippen molar-refractivity contribution in [2.75, 3.05) is 6.54 Å². The van der Waals surface area contributed by atoms with Gasteiger partial charge in [-0.25, -0.2) is 4.79 Å². The van der Waals surface area contributed by atoms with Gasteiger partial charge in [-0.05, 0) is 18.1 Å². The molecule has 7 nitrogen and oxygen atoms in total. The number of fused-ring (bicyclic) bond motifs is 3. The second-order valence-electron chi connectivity index (χ2n) is 5.37. The second-order valence-corrected chi connectivity index (χ2v) is 5.37. The minimum absolute atomic E-state index is 0.118. The van der Waals surface area contributed by atoms with E-state index in [2.05, 4.69) is 20.3 Å². The van der Waals surface area contributed by atoms with Crippen LogP contribution in [0.15, 0.2) is 33.9 Å². The average Bonchev–Trinajstić information content (AvgIpc) is 2.86. The highest BCUT2D eigenvalue weighted by molar-refractivity contribution is 5.85. The fraction of sp³-hybridized carbons (Fsp3) is 0.200. The van der Waals surface area contributed by atoms with Crippen LogP contribution in [-0.4, -0.2) is 26.6 Å². The Kier molecular flexibility index (Phi) is 2.70. The molecule has 0 unspecified atom stereocenters. The Morgan fingerprint density at radius 2 is 1.91 bits per heavy atom. The molecule has 1 aliphatic heterocycles. The van der Waals surface area contributed by atoms with Crippen molar-refractivity contribution in [1.29, 1.82) is 0 Å². The molecule has 2 aromatic heterocycles. The number of para-hydroxylation sites is 1. The van der Waals surface area contributed by atoms with Crippen molar-refractivity contribution in [3.63, 3.8) is 0 Å². The highest BCUT2D eigenvalue weighted by Crippen LogP contribution is 2.33. The number of aromatic hydroxyl groups is 1. The Balaban J connectivity index is 1.97. The van der Waals surface area contributed by atoms with Gasteiger partial charge in [0, 0.05) is 23.1 Å². The zero-order valence-corrected chi connectivity index (χ0v) is 11.6. The molecule has 0 saturated heterocycles. The highest BCUT2D eigenvalue weighted by Gasteiger charge is 2.29. The fourth-order valence-corrected chi connectivity index (χ4v) is 3.18. The van der Waals surface area contributed by atoms with Crippen LogP contribution >= 0.6 is 0 Å². The molecule has 1 aliphatic rings. The molecule has 0 spiro atoms. The van der Waals surface area contributed by atoms with E-state index in [1.807, 2.05) is 24.3 Å². The normalized spacial score (nSPS) is 17.5. The lowest BCUT2D eigenvalue weighted by atomic mass is 9.95. The van der Waals surface area contributed by atoms with E-state index >= 15 is 0 Å². The molecule has 5 N–H and O–H groups in total. The number of rotatable bonds is 1. The molecule has 3 aromatic rings. The van der Waals surface area contributed by atoms with Crippen molar-refractivity contribution in [3.8, 4) is 5.88 Å². The van der Waals surface area contributed by atoms with Gasteiger partial charge in [-0.15, -0.1) is 0 Å². The minimum Gasteiger partial charge on any atom is -0.494 e. The lowest BCUT2D eigenvalue weighted by Gasteiger charge is -2.24. The molecule has 3 heterocycles.